The molecule has 1 N–H and O–H groups in total. The summed E-state index contributed by atoms with van der Waals surface area (Å²) >= 11 is 0. The van der Waals surface area contributed by atoms with Gasteiger partial charge in [0.25, 0.3) is 0 Å². The number of unbranched alkanes of at least 4 members (excludes halogenated alkanes) is 4. The number of carbonyl (C=O) groups is 1. The van der Waals surface area contributed by atoms with Crippen molar-refractivity contribution in [3.8, 4) is 5.75 Å². The number of oxime groups is 1. The van der Waals surface area contributed by atoms with Gasteiger partial charge in [-0.3, -0.25) is 0 Å². The molecule has 0 radical (unpaired) electrons. The Morgan fingerprint density at radius 3 is 2.64 bits per heavy atom. The van der Waals surface area contributed by atoms with Gasteiger partial charge in [-0.1, -0.05) is 37.8 Å². The van der Waals surface area contributed by atoms with Crippen molar-refractivity contribution in [3.05, 3.63) is 29.8 Å². The van der Waals surface area contributed by atoms with E-state index >= 15 is 0 Å². The highest BCUT2D eigenvalue weighted by atomic mass is 16.7. The first-order chi connectivity index (χ1) is 10.7. The molecular formula is C17H23NO4. The second-order valence-corrected chi connectivity index (χ2v) is 5.46. The molecule has 0 spiro atoms. The van der Waals surface area contributed by atoms with Crippen LogP contribution >= 0.6 is 0 Å². The number of aliphatic carboxylic acids is 1. The van der Waals surface area contributed by atoms with Crippen LogP contribution in [0, 0.1) is 0 Å². The molecule has 0 bridgehead atoms. The summed E-state index contributed by atoms with van der Waals surface area (Å²) in [6, 6.07) is 7.55. The molecule has 0 aliphatic carbocycles. The molecule has 5 heteroatoms. The van der Waals surface area contributed by atoms with E-state index in [1.807, 2.05) is 24.3 Å². The normalized spacial score (nSPS) is 17.0. The van der Waals surface area contributed by atoms with Gasteiger partial charge in [0.2, 0.25) is 6.10 Å². The second-order valence-electron chi connectivity index (χ2n) is 5.46. The predicted octanol–water partition coefficient (Wildman–Crippen LogP) is 3.61. The Kier molecular flexibility index (Phi) is 6.25. The zero-order valence-corrected chi connectivity index (χ0v) is 13.0. The smallest absolute Gasteiger partial charge is 0.348 e. The lowest BCUT2D eigenvalue weighted by molar-refractivity contribution is -0.148. The maximum atomic E-state index is 10.8. The molecule has 22 heavy (non-hydrogen) atoms. The van der Waals surface area contributed by atoms with Gasteiger partial charge in [-0.05, 0) is 36.2 Å². The quantitative estimate of drug-likeness (QED) is 0.708. The van der Waals surface area contributed by atoms with Gasteiger partial charge >= 0.3 is 5.97 Å². The average molecular weight is 305 g/mol. The third-order valence-corrected chi connectivity index (χ3v) is 3.65. The van der Waals surface area contributed by atoms with Crippen molar-refractivity contribution in [2.24, 2.45) is 5.16 Å². The van der Waals surface area contributed by atoms with E-state index in [-0.39, 0.29) is 0 Å². The molecule has 5 nitrogen and oxygen atoms in total. The Labute approximate surface area is 130 Å². The van der Waals surface area contributed by atoms with Crippen LogP contribution in [0.5, 0.6) is 5.75 Å². The van der Waals surface area contributed by atoms with E-state index in [2.05, 4.69) is 12.1 Å². The number of rotatable bonds is 9. The molecule has 1 atom stereocenters. The van der Waals surface area contributed by atoms with Crippen molar-refractivity contribution >= 4 is 11.7 Å². The average Bonchev–Trinajstić information content (AvgIpc) is 3.01. The first-order valence-corrected chi connectivity index (χ1v) is 7.89. The fourth-order valence-corrected chi connectivity index (χ4v) is 2.32. The van der Waals surface area contributed by atoms with Gasteiger partial charge < -0.3 is 14.7 Å². The van der Waals surface area contributed by atoms with Crippen molar-refractivity contribution in [2.75, 3.05) is 6.61 Å². The summed E-state index contributed by atoms with van der Waals surface area (Å²) in [5, 5.41) is 12.7. The molecular weight excluding hydrogens is 282 g/mol. The molecule has 120 valence electrons. The minimum Gasteiger partial charge on any atom is -0.494 e. The first-order valence-electron chi connectivity index (χ1n) is 7.89. The minimum atomic E-state index is -0.984. The minimum absolute atomic E-state index is 0.299. The molecule has 1 aliphatic heterocycles. The molecule has 1 aliphatic rings. The van der Waals surface area contributed by atoms with Crippen LogP contribution in [-0.4, -0.2) is 29.5 Å². The Morgan fingerprint density at radius 2 is 2.00 bits per heavy atom. The number of carboxylic acids is 1. The van der Waals surface area contributed by atoms with E-state index in [0.29, 0.717) is 12.1 Å². The fraction of sp³-hybridized carbons (Fsp3) is 0.529. The second kappa shape index (κ2) is 8.41. The summed E-state index contributed by atoms with van der Waals surface area (Å²) in [4.78, 5) is 15.7. The number of carboxylic acid groups (broad SMARTS) is 1. The Hall–Kier alpha value is -2.04. The molecule has 0 fully saturated rings. The first kappa shape index (κ1) is 16.3. The molecule has 1 unspecified atom stereocenters. The molecule has 1 aromatic carbocycles. The van der Waals surface area contributed by atoms with E-state index < -0.39 is 12.1 Å². The highest BCUT2D eigenvalue weighted by Crippen LogP contribution is 2.19. The van der Waals surface area contributed by atoms with Crippen LogP contribution in [0.1, 0.15) is 51.0 Å². The van der Waals surface area contributed by atoms with Gasteiger partial charge in [0.05, 0.1) is 12.3 Å². The van der Waals surface area contributed by atoms with E-state index in [9.17, 15) is 4.79 Å². The van der Waals surface area contributed by atoms with Crippen molar-refractivity contribution in [2.45, 2.75) is 51.6 Å². The molecule has 0 saturated carbocycles. The molecule has 0 saturated heterocycles. The van der Waals surface area contributed by atoms with E-state index in [0.717, 1.165) is 24.3 Å². The number of nitrogens with zero attached hydrogens (tertiary/aromatic N) is 1. The predicted molar refractivity (Wildman–Crippen MR) is 84.4 cm³/mol. The summed E-state index contributed by atoms with van der Waals surface area (Å²) < 4.78 is 5.70. The van der Waals surface area contributed by atoms with Gasteiger partial charge in [0, 0.05) is 6.42 Å². The highest BCUT2D eigenvalue weighted by Gasteiger charge is 2.28. The Morgan fingerprint density at radius 1 is 1.27 bits per heavy atom. The van der Waals surface area contributed by atoms with Gasteiger partial charge in [-0.15, -0.1) is 0 Å². The van der Waals surface area contributed by atoms with Crippen LogP contribution in [-0.2, 0) is 9.63 Å². The van der Waals surface area contributed by atoms with E-state index in [4.69, 9.17) is 14.7 Å². The number of hydrogen-bond acceptors (Lipinski definition) is 4. The van der Waals surface area contributed by atoms with Crippen LogP contribution in [0.4, 0.5) is 0 Å². The molecule has 1 aromatic rings. The zero-order valence-electron chi connectivity index (χ0n) is 13.0. The Balaban J connectivity index is 1.75. The third-order valence-electron chi connectivity index (χ3n) is 3.65. The summed E-state index contributed by atoms with van der Waals surface area (Å²) in [5.74, 6) is -0.157. The van der Waals surface area contributed by atoms with Crippen LogP contribution < -0.4 is 4.74 Å². The molecule has 0 aromatic heterocycles. The standard InChI is InChI=1S/C17H23NO4/c1-2-3-4-5-6-11-21-14-9-7-13(8-10-14)15-12-16(17(19)20)22-18-15/h7-10,16H,2-6,11-12H2,1H3,(H,19,20). The maximum absolute atomic E-state index is 10.8. The van der Waals surface area contributed by atoms with Crippen molar-refractivity contribution in [1.82, 2.24) is 0 Å². The fourth-order valence-electron chi connectivity index (χ4n) is 2.32. The number of hydrogen-bond donors (Lipinski definition) is 1. The Bertz CT molecular complexity index is 510. The van der Waals surface area contributed by atoms with Gasteiger partial charge in [0.1, 0.15) is 5.75 Å². The monoisotopic (exact) mass is 305 g/mol. The zero-order chi connectivity index (χ0) is 15.8. The lowest BCUT2D eigenvalue weighted by atomic mass is 10.1. The van der Waals surface area contributed by atoms with E-state index in [1.165, 1.54) is 25.7 Å². The molecule has 2 rings (SSSR count). The van der Waals surface area contributed by atoms with Crippen LogP contribution in [0.25, 0.3) is 0 Å². The maximum Gasteiger partial charge on any atom is 0.348 e. The molecule has 1 heterocycles. The summed E-state index contributed by atoms with van der Waals surface area (Å²) in [6.45, 7) is 2.94. The van der Waals surface area contributed by atoms with Gasteiger partial charge in [-0.2, -0.15) is 0 Å². The largest absolute Gasteiger partial charge is 0.494 e. The topological polar surface area (TPSA) is 68.1 Å². The number of benzene rings is 1. The van der Waals surface area contributed by atoms with Crippen molar-refractivity contribution < 1.29 is 19.5 Å². The summed E-state index contributed by atoms with van der Waals surface area (Å²) in [5.41, 5.74) is 1.54. The SMILES string of the molecule is CCCCCCCOc1ccc(C2=NOC(C(=O)O)C2)cc1. The van der Waals surface area contributed by atoms with Crippen LogP contribution in [0.2, 0.25) is 0 Å². The number of ether oxygens (including phenoxy) is 1. The van der Waals surface area contributed by atoms with Gasteiger partial charge in [0.15, 0.2) is 0 Å². The van der Waals surface area contributed by atoms with Crippen LogP contribution in [0.3, 0.4) is 0 Å². The highest BCUT2D eigenvalue weighted by molar-refractivity contribution is 6.03. The summed E-state index contributed by atoms with van der Waals surface area (Å²) in [7, 11) is 0. The lowest BCUT2D eigenvalue weighted by Crippen LogP contribution is -2.19. The van der Waals surface area contributed by atoms with Crippen molar-refractivity contribution in [1.29, 1.82) is 0 Å². The third kappa shape index (κ3) is 4.76. The lowest BCUT2D eigenvalue weighted by Gasteiger charge is -2.07. The van der Waals surface area contributed by atoms with Gasteiger partial charge in [-0.25, -0.2) is 4.79 Å². The van der Waals surface area contributed by atoms with E-state index in [1.54, 1.807) is 0 Å². The summed E-state index contributed by atoms with van der Waals surface area (Å²) in [6.07, 6.45) is 5.51. The van der Waals surface area contributed by atoms with Crippen molar-refractivity contribution in [3.63, 3.8) is 0 Å². The van der Waals surface area contributed by atoms with Crippen LogP contribution in [0.15, 0.2) is 29.4 Å². The molecule has 0 amide bonds.